The number of fused-ring (bicyclic) bond motifs is 1. The van der Waals surface area contributed by atoms with E-state index in [4.69, 9.17) is 4.74 Å². The number of benzene rings is 1. The Bertz CT molecular complexity index is 1130. The number of nitrogens with one attached hydrogen (secondary N) is 1. The number of aryl methyl sites for hydroxylation is 1. The molecule has 2 saturated heterocycles. The summed E-state index contributed by atoms with van der Waals surface area (Å²) < 4.78 is 7.69. The minimum absolute atomic E-state index is 0.0726. The maximum absolute atomic E-state index is 13.3. The first-order valence-electron chi connectivity index (χ1n) is 11.9. The van der Waals surface area contributed by atoms with Gasteiger partial charge in [0.2, 0.25) is 0 Å². The van der Waals surface area contributed by atoms with Crippen LogP contribution in [0, 0.1) is 5.92 Å². The van der Waals surface area contributed by atoms with Gasteiger partial charge >= 0.3 is 0 Å². The smallest absolute Gasteiger partial charge is 0.253 e. The summed E-state index contributed by atoms with van der Waals surface area (Å²) in [6.45, 7) is 7.67. The molecular formula is C24H32N6O2. The van der Waals surface area contributed by atoms with Crippen LogP contribution < -0.4 is 5.56 Å². The molecule has 5 rings (SSSR count). The number of aromatic nitrogens is 5. The first kappa shape index (κ1) is 21.3. The van der Waals surface area contributed by atoms with Crippen LogP contribution in [0.1, 0.15) is 62.5 Å². The number of nitrogens with zero attached hydrogens (tertiary/aromatic N) is 5. The van der Waals surface area contributed by atoms with Crippen molar-refractivity contribution in [2.24, 2.45) is 5.92 Å². The van der Waals surface area contributed by atoms with Gasteiger partial charge in [0.15, 0.2) is 5.82 Å². The SMILES string of the molecule is CCc1ccc2[nH]c(=O)c([C@H](c3nnnn3C[C@@H]3CCCO3)N3CCC[C@@H](C)C3)cc2c1. The van der Waals surface area contributed by atoms with Crippen LogP contribution in [0.5, 0.6) is 0 Å². The van der Waals surface area contributed by atoms with Gasteiger partial charge in [-0.2, -0.15) is 0 Å². The van der Waals surface area contributed by atoms with Gasteiger partial charge in [-0.3, -0.25) is 9.69 Å². The third-order valence-electron chi connectivity index (χ3n) is 6.90. The predicted molar refractivity (Wildman–Crippen MR) is 123 cm³/mol. The molecule has 2 aliphatic heterocycles. The van der Waals surface area contributed by atoms with Gasteiger partial charge in [-0.25, -0.2) is 4.68 Å². The van der Waals surface area contributed by atoms with Crippen molar-refractivity contribution in [3.8, 4) is 0 Å². The number of H-pyrrole nitrogens is 1. The summed E-state index contributed by atoms with van der Waals surface area (Å²) in [5, 5.41) is 13.8. The van der Waals surface area contributed by atoms with Crippen LogP contribution in [0.3, 0.4) is 0 Å². The highest BCUT2D eigenvalue weighted by Gasteiger charge is 2.33. The van der Waals surface area contributed by atoms with E-state index < -0.39 is 0 Å². The van der Waals surface area contributed by atoms with Crippen molar-refractivity contribution in [2.75, 3.05) is 19.7 Å². The number of hydrogen-bond acceptors (Lipinski definition) is 6. The first-order valence-corrected chi connectivity index (χ1v) is 11.9. The van der Waals surface area contributed by atoms with Crippen LogP contribution in [-0.2, 0) is 17.7 Å². The molecule has 8 heteroatoms. The number of tetrazole rings is 1. The monoisotopic (exact) mass is 436 g/mol. The van der Waals surface area contributed by atoms with E-state index in [1.54, 1.807) is 0 Å². The Hall–Kier alpha value is -2.58. The maximum Gasteiger partial charge on any atom is 0.253 e. The molecule has 0 bridgehead atoms. The largest absolute Gasteiger partial charge is 0.376 e. The zero-order chi connectivity index (χ0) is 22.1. The molecule has 8 nitrogen and oxygen atoms in total. The lowest BCUT2D eigenvalue weighted by Gasteiger charge is -2.36. The van der Waals surface area contributed by atoms with E-state index in [1.807, 2.05) is 16.8 Å². The minimum atomic E-state index is -0.285. The van der Waals surface area contributed by atoms with E-state index in [0.717, 1.165) is 62.1 Å². The van der Waals surface area contributed by atoms with E-state index in [2.05, 4.69) is 51.4 Å². The van der Waals surface area contributed by atoms with Crippen molar-refractivity contribution >= 4 is 10.9 Å². The average molecular weight is 437 g/mol. The second-order valence-corrected chi connectivity index (χ2v) is 9.33. The number of likely N-dealkylation sites (tertiary alicyclic amines) is 1. The average Bonchev–Trinajstić information content (AvgIpc) is 3.47. The van der Waals surface area contributed by atoms with Gasteiger partial charge in [-0.15, -0.1) is 5.10 Å². The Morgan fingerprint density at radius 3 is 2.94 bits per heavy atom. The number of rotatable bonds is 6. The fourth-order valence-corrected chi connectivity index (χ4v) is 5.17. The lowest BCUT2D eigenvalue weighted by molar-refractivity contribution is 0.0889. The summed E-state index contributed by atoms with van der Waals surface area (Å²) in [4.78, 5) is 18.8. The molecule has 3 aromatic rings. The molecule has 170 valence electrons. The first-order chi connectivity index (χ1) is 15.6. The van der Waals surface area contributed by atoms with E-state index in [1.165, 1.54) is 12.0 Å². The highest BCUT2D eigenvalue weighted by Crippen LogP contribution is 2.31. The summed E-state index contributed by atoms with van der Waals surface area (Å²) in [5.74, 6) is 1.30. The van der Waals surface area contributed by atoms with E-state index in [9.17, 15) is 4.79 Å². The molecule has 2 aliphatic rings. The third-order valence-corrected chi connectivity index (χ3v) is 6.90. The Morgan fingerprint density at radius 2 is 2.16 bits per heavy atom. The quantitative estimate of drug-likeness (QED) is 0.639. The molecule has 2 fully saturated rings. The van der Waals surface area contributed by atoms with Gasteiger partial charge in [0, 0.05) is 24.2 Å². The van der Waals surface area contributed by atoms with Crippen molar-refractivity contribution in [1.82, 2.24) is 30.1 Å². The zero-order valence-corrected chi connectivity index (χ0v) is 19.0. The zero-order valence-electron chi connectivity index (χ0n) is 19.0. The van der Waals surface area contributed by atoms with Gasteiger partial charge in [0.25, 0.3) is 5.56 Å². The van der Waals surface area contributed by atoms with Crippen molar-refractivity contribution in [3.63, 3.8) is 0 Å². The van der Waals surface area contributed by atoms with Crippen molar-refractivity contribution in [3.05, 3.63) is 51.6 Å². The molecule has 4 heterocycles. The molecular weight excluding hydrogens is 404 g/mol. The molecule has 0 unspecified atom stereocenters. The fourth-order valence-electron chi connectivity index (χ4n) is 5.17. The molecule has 0 saturated carbocycles. The lowest BCUT2D eigenvalue weighted by atomic mass is 9.95. The van der Waals surface area contributed by atoms with Crippen molar-refractivity contribution in [1.29, 1.82) is 0 Å². The van der Waals surface area contributed by atoms with Crippen LogP contribution in [0.25, 0.3) is 10.9 Å². The summed E-state index contributed by atoms with van der Waals surface area (Å²) in [7, 11) is 0. The normalized spacial score (nSPS) is 23.1. The van der Waals surface area contributed by atoms with Crippen LogP contribution in [0.2, 0.25) is 0 Å². The molecule has 1 aromatic carbocycles. The number of ether oxygens (including phenoxy) is 1. The van der Waals surface area contributed by atoms with Crippen LogP contribution >= 0.6 is 0 Å². The summed E-state index contributed by atoms with van der Waals surface area (Å²) >= 11 is 0. The molecule has 2 aromatic heterocycles. The molecule has 0 spiro atoms. The Labute approximate surface area is 188 Å². The Morgan fingerprint density at radius 1 is 1.25 bits per heavy atom. The lowest BCUT2D eigenvalue weighted by Crippen LogP contribution is -2.41. The third kappa shape index (κ3) is 4.21. The molecule has 32 heavy (non-hydrogen) atoms. The Kier molecular flexibility index (Phi) is 6.06. The number of aromatic amines is 1. The van der Waals surface area contributed by atoms with Crippen molar-refractivity contribution in [2.45, 2.75) is 64.6 Å². The number of hydrogen-bond donors (Lipinski definition) is 1. The molecule has 0 amide bonds. The van der Waals surface area contributed by atoms with Gasteiger partial charge in [0.05, 0.1) is 12.6 Å². The minimum Gasteiger partial charge on any atom is -0.376 e. The second kappa shape index (κ2) is 9.11. The van der Waals surface area contributed by atoms with E-state index >= 15 is 0 Å². The topological polar surface area (TPSA) is 88.9 Å². The van der Waals surface area contributed by atoms with Gasteiger partial charge in [0.1, 0.15) is 6.04 Å². The van der Waals surface area contributed by atoms with Crippen molar-refractivity contribution < 1.29 is 4.74 Å². The molecule has 1 N–H and O–H groups in total. The Balaban J connectivity index is 1.60. The van der Waals surface area contributed by atoms with Crippen LogP contribution in [0.15, 0.2) is 29.1 Å². The van der Waals surface area contributed by atoms with Gasteiger partial charge < -0.3 is 9.72 Å². The standard InChI is InChI=1S/C24H32N6O2/c1-3-17-8-9-21-18(12-17)13-20(24(31)25-21)22(29-10-4-6-16(2)14-29)23-26-27-28-30(23)15-19-7-5-11-32-19/h8-9,12-13,16,19,22H,3-7,10-11,14-15H2,1-2H3,(H,25,31)/t16-,19+,22-/m1/s1. The van der Waals surface area contributed by atoms with Crippen LogP contribution in [-0.4, -0.2) is 55.9 Å². The summed E-state index contributed by atoms with van der Waals surface area (Å²) in [5.41, 5.74) is 2.75. The highest BCUT2D eigenvalue weighted by molar-refractivity contribution is 5.80. The number of pyridine rings is 1. The summed E-state index contributed by atoms with van der Waals surface area (Å²) in [6.07, 6.45) is 5.48. The summed E-state index contributed by atoms with van der Waals surface area (Å²) in [6, 6.07) is 8.00. The van der Waals surface area contributed by atoms with Crippen LogP contribution in [0.4, 0.5) is 0 Å². The molecule has 0 radical (unpaired) electrons. The maximum atomic E-state index is 13.3. The molecule has 0 aliphatic carbocycles. The van der Waals surface area contributed by atoms with Gasteiger partial charge in [-0.1, -0.05) is 19.9 Å². The second-order valence-electron chi connectivity index (χ2n) is 9.33. The van der Waals surface area contributed by atoms with Gasteiger partial charge in [-0.05, 0) is 84.1 Å². The molecule has 3 atom stereocenters. The number of piperidine rings is 1. The highest BCUT2D eigenvalue weighted by atomic mass is 16.5. The predicted octanol–water partition coefficient (Wildman–Crippen LogP) is 3.08. The fraction of sp³-hybridized carbons (Fsp3) is 0.583. The van der Waals surface area contributed by atoms with E-state index in [-0.39, 0.29) is 17.7 Å². The van der Waals surface area contributed by atoms with E-state index in [0.29, 0.717) is 18.0 Å².